The van der Waals surface area contributed by atoms with Gasteiger partial charge in [0.05, 0.1) is 12.4 Å². The van der Waals surface area contributed by atoms with Crippen molar-refractivity contribution in [3.05, 3.63) is 24.2 Å². The molecule has 1 aliphatic rings. The number of nitrogens with one attached hydrogen (secondary N) is 1. The van der Waals surface area contributed by atoms with Crippen LogP contribution >= 0.6 is 0 Å². The summed E-state index contributed by atoms with van der Waals surface area (Å²) in [5, 5.41) is 12.5. The average Bonchev–Trinajstić information content (AvgIpc) is 2.87. The molecule has 1 heterocycles. The SMILES string of the molecule is O=C(NCCCc1ccco1)[C@H]1CCC[C@H](O)C1. The predicted octanol–water partition coefficient (Wildman–Crippen LogP) is 1.88. The van der Waals surface area contributed by atoms with E-state index >= 15 is 0 Å². The number of carbonyl (C=O) groups is 1. The normalized spacial score (nSPS) is 23.8. The first kappa shape index (κ1) is 13.1. The van der Waals surface area contributed by atoms with Crippen molar-refractivity contribution in [2.45, 2.75) is 44.6 Å². The highest BCUT2D eigenvalue weighted by molar-refractivity contribution is 5.78. The van der Waals surface area contributed by atoms with Crippen LogP contribution in [-0.4, -0.2) is 23.7 Å². The number of aliphatic hydroxyl groups is 1. The van der Waals surface area contributed by atoms with E-state index in [2.05, 4.69) is 5.32 Å². The Balaban J connectivity index is 1.62. The number of hydrogen-bond donors (Lipinski definition) is 2. The van der Waals surface area contributed by atoms with Gasteiger partial charge in [0.1, 0.15) is 5.76 Å². The van der Waals surface area contributed by atoms with E-state index in [4.69, 9.17) is 4.42 Å². The van der Waals surface area contributed by atoms with Crippen LogP contribution in [0, 0.1) is 5.92 Å². The maximum atomic E-state index is 11.9. The molecule has 0 aromatic carbocycles. The molecule has 4 nitrogen and oxygen atoms in total. The molecule has 0 spiro atoms. The van der Waals surface area contributed by atoms with Crippen LogP contribution in [0.1, 0.15) is 37.9 Å². The average molecular weight is 251 g/mol. The van der Waals surface area contributed by atoms with E-state index in [-0.39, 0.29) is 17.9 Å². The molecule has 18 heavy (non-hydrogen) atoms. The lowest BCUT2D eigenvalue weighted by Crippen LogP contribution is -2.35. The van der Waals surface area contributed by atoms with Gasteiger partial charge in [0.2, 0.25) is 5.91 Å². The highest BCUT2D eigenvalue weighted by atomic mass is 16.3. The summed E-state index contributed by atoms with van der Waals surface area (Å²) in [6, 6.07) is 3.82. The molecule has 0 bridgehead atoms. The summed E-state index contributed by atoms with van der Waals surface area (Å²) in [5.74, 6) is 1.04. The van der Waals surface area contributed by atoms with Gasteiger partial charge in [-0.25, -0.2) is 0 Å². The Kier molecular flexibility index (Phi) is 4.81. The van der Waals surface area contributed by atoms with Crippen molar-refractivity contribution in [1.82, 2.24) is 5.32 Å². The number of amides is 1. The number of aryl methyl sites for hydroxylation is 1. The molecule has 4 heteroatoms. The van der Waals surface area contributed by atoms with Crippen LogP contribution in [0.2, 0.25) is 0 Å². The third-order valence-electron chi connectivity index (χ3n) is 3.50. The molecule has 1 aromatic heterocycles. The third kappa shape index (κ3) is 3.88. The van der Waals surface area contributed by atoms with Gasteiger partial charge in [-0.3, -0.25) is 4.79 Å². The van der Waals surface area contributed by atoms with Gasteiger partial charge in [-0.05, 0) is 37.8 Å². The molecule has 0 unspecified atom stereocenters. The van der Waals surface area contributed by atoms with Crippen molar-refractivity contribution in [3.63, 3.8) is 0 Å². The highest BCUT2D eigenvalue weighted by Crippen LogP contribution is 2.24. The molecule has 2 atom stereocenters. The maximum Gasteiger partial charge on any atom is 0.223 e. The fraction of sp³-hybridized carbons (Fsp3) is 0.643. The lowest BCUT2D eigenvalue weighted by molar-refractivity contribution is -0.127. The van der Waals surface area contributed by atoms with E-state index in [1.165, 1.54) is 0 Å². The second kappa shape index (κ2) is 6.59. The first-order valence-corrected chi connectivity index (χ1v) is 6.74. The largest absolute Gasteiger partial charge is 0.469 e. The fourth-order valence-electron chi connectivity index (χ4n) is 2.48. The number of furan rings is 1. The summed E-state index contributed by atoms with van der Waals surface area (Å²) in [4.78, 5) is 11.9. The zero-order chi connectivity index (χ0) is 12.8. The molecular formula is C14H21NO3. The van der Waals surface area contributed by atoms with Crippen molar-refractivity contribution < 1.29 is 14.3 Å². The minimum absolute atomic E-state index is 0.00244. The molecule has 2 rings (SSSR count). The Labute approximate surface area is 107 Å². The van der Waals surface area contributed by atoms with E-state index in [1.54, 1.807) is 6.26 Å². The van der Waals surface area contributed by atoms with Crippen LogP contribution in [0.5, 0.6) is 0 Å². The van der Waals surface area contributed by atoms with E-state index in [0.717, 1.165) is 37.9 Å². The lowest BCUT2D eigenvalue weighted by atomic mass is 9.87. The summed E-state index contributed by atoms with van der Waals surface area (Å²) >= 11 is 0. The number of aliphatic hydroxyl groups excluding tert-OH is 1. The Morgan fingerprint density at radius 3 is 3.11 bits per heavy atom. The second-order valence-electron chi connectivity index (χ2n) is 4.99. The number of carbonyl (C=O) groups excluding carboxylic acids is 1. The molecule has 1 aromatic rings. The van der Waals surface area contributed by atoms with Gasteiger partial charge in [0, 0.05) is 18.9 Å². The molecule has 2 N–H and O–H groups in total. The first-order chi connectivity index (χ1) is 8.75. The monoisotopic (exact) mass is 251 g/mol. The maximum absolute atomic E-state index is 11.9. The summed E-state index contributed by atoms with van der Waals surface area (Å²) in [6.07, 6.45) is 6.41. The Morgan fingerprint density at radius 2 is 2.39 bits per heavy atom. The Morgan fingerprint density at radius 1 is 1.50 bits per heavy atom. The smallest absolute Gasteiger partial charge is 0.223 e. The predicted molar refractivity (Wildman–Crippen MR) is 68.0 cm³/mol. The van der Waals surface area contributed by atoms with Gasteiger partial charge in [-0.15, -0.1) is 0 Å². The van der Waals surface area contributed by atoms with Crippen LogP contribution in [-0.2, 0) is 11.2 Å². The van der Waals surface area contributed by atoms with Crippen molar-refractivity contribution in [3.8, 4) is 0 Å². The quantitative estimate of drug-likeness (QED) is 0.785. The van der Waals surface area contributed by atoms with E-state index < -0.39 is 0 Å². The minimum atomic E-state index is -0.294. The second-order valence-corrected chi connectivity index (χ2v) is 4.99. The summed E-state index contributed by atoms with van der Waals surface area (Å²) in [5.41, 5.74) is 0. The van der Waals surface area contributed by atoms with Crippen LogP contribution < -0.4 is 5.32 Å². The molecule has 1 saturated carbocycles. The van der Waals surface area contributed by atoms with E-state index in [1.807, 2.05) is 12.1 Å². The third-order valence-corrected chi connectivity index (χ3v) is 3.50. The number of hydrogen-bond acceptors (Lipinski definition) is 3. The molecule has 100 valence electrons. The fourth-order valence-corrected chi connectivity index (χ4v) is 2.48. The number of rotatable bonds is 5. The molecule has 0 radical (unpaired) electrons. The first-order valence-electron chi connectivity index (χ1n) is 6.74. The van der Waals surface area contributed by atoms with E-state index in [0.29, 0.717) is 13.0 Å². The standard InChI is InChI=1S/C14H21NO3/c16-12-5-1-4-11(10-12)14(17)15-8-2-6-13-7-3-9-18-13/h3,7,9,11-12,16H,1-2,4-6,8,10H2,(H,15,17)/t11-,12-/m0/s1. The summed E-state index contributed by atoms with van der Waals surface area (Å²) in [6.45, 7) is 0.673. The van der Waals surface area contributed by atoms with Crippen LogP contribution in [0.4, 0.5) is 0 Å². The lowest BCUT2D eigenvalue weighted by Gasteiger charge is -2.24. The van der Waals surface area contributed by atoms with Gasteiger partial charge < -0.3 is 14.8 Å². The zero-order valence-electron chi connectivity index (χ0n) is 10.6. The van der Waals surface area contributed by atoms with Crippen LogP contribution in [0.25, 0.3) is 0 Å². The Bertz CT molecular complexity index is 361. The molecular weight excluding hydrogens is 230 g/mol. The molecule has 1 fully saturated rings. The summed E-state index contributed by atoms with van der Waals surface area (Å²) < 4.78 is 5.23. The Hall–Kier alpha value is -1.29. The van der Waals surface area contributed by atoms with Gasteiger partial charge >= 0.3 is 0 Å². The zero-order valence-corrected chi connectivity index (χ0v) is 10.6. The highest BCUT2D eigenvalue weighted by Gasteiger charge is 2.25. The van der Waals surface area contributed by atoms with Crippen LogP contribution in [0.3, 0.4) is 0 Å². The van der Waals surface area contributed by atoms with Crippen molar-refractivity contribution >= 4 is 5.91 Å². The van der Waals surface area contributed by atoms with Crippen molar-refractivity contribution in [2.75, 3.05) is 6.54 Å². The van der Waals surface area contributed by atoms with Crippen molar-refractivity contribution in [2.24, 2.45) is 5.92 Å². The van der Waals surface area contributed by atoms with Gasteiger partial charge in [-0.1, -0.05) is 6.42 Å². The van der Waals surface area contributed by atoms with E-state index in [9.17, 15) is 9.90 Å². The molecule has 1 aliphatic carbocycles. The van der Waals surface area contributed by atoms with Crippen molar-refractivity contribution in [1.29, 1.82) is 0 Å². The minimum Gasteiger partial charge on any atom is -0.469 e. The molecule has 0 saturated heterocycles. The van der Waals surface area contributed by atoms with Crippen LogP contribution in [0.15, 0.2) is 22.8 Å². The van der Waals surface area contributed by atoms with Gasteiger partial charge in [0.25, 0.3) is 0 Å². The van der Waals surface area contributed by atoms with Gasteiger partial charge in [-0.2, -0.15) is 0 Å². The molecule has 1 amide bonds. The summed E-state index contributed by atoms with van der Waals surface area (Å²) in [7, 11) is 0. The topological polar surface area (TPSA) is 62.5 Å². The van der Waals surface area contributed by atoms with Gasteiger partial charge in [0.15, 0.2) is 0 Å². The molecule has 0 aliphatic heterocycles.